The Morgan fingerprint density at radius 3 is 2.86 bits per heavy atom. The number of amides is 1. The minimum absolute atomic E-state index is 0.0928. The summed E-state index contributed by atoms with van der Waals surface area (Å²) in [7, 11) is 0. The van der Waals surface area contributed by atoms with Crippen LogP contribution < -0.4 is 10.1 Å². The molecule has 1 N–H and O–H groups in total. The van der Waals surface area contributed by atoms with Gasteiger partial charge in [0.25, 0.3) is 11.6 Å². The second-order valence-electron chi connectivity index (χ2n) is 4.02. The first-order valence-corrected chi connectivity index (χ1v) is 7.18. The number of halogens is 1. The van der Waals surface area contributed by atoms with Crippen molar-refractivity contribution in [1.82, 2.24) is 5.32 Å². The average Bonchev–Trinajstić information content (AvgIpc) is 2.97. The van der Waals surface area contributed by atoms with Crippen molar-refractivity contribution in [1.29, 1.82) is 0 Å². The van der Waals surface area contributed by atoms with Gasteiger partial charge < -0.3 is 10.1 Å². The normalized spacial score (nSPS) is 10.1. The van der Waals surface area contributed by atoms with Gasteiger partial charge in [-0.3, -0.25) is 14.9 Å². The highest BCUT2D eigenvalue weighted by Crippen LogP contribution is 2.28. The van der Waals surface area contributed by atoms with Crippen molar-refractivity contribution in [2.24, 2.45) is 0 Å². The van der Waals surface area contributed by atoms with Gasteiger partial charge in [-0.25, -0.2) is 0 Å². The second kappa shape index (κ2) is 7.05. The minimum Gasteiger partial charge on any atom is -0.482 e. The van der Waals surface area contributed by atoms with Crippen LogP contribution in [-0.2, 0) is 11.3 Å². The highest BCUT2D eigenvalue weighted by atomic mass is 35.5. The molecule has 0 aliphatic heterocycles. The largest absolute Gasteiger partial charge is 0.482 e. The molecule has 2 aromatic rings. The summed E-state index contributed by atoms with van der Waals surface area (Å²) < 4.78 is 5.24. The molecule has 0 saturated heterocycles. The molecule has 0 aliphatic rings. The fourth-order valence-corrected chi connectivity index (χ4v) is 2.39. The van der Waals surface area contributed by atoms with Gasteiger partial charge in [0, 0.05) is 17.0 Å². The molecule has 1 amide bonds. The molecule has 0 bridgehead atoms. The topological polar surface area (TPSA) is 81.5 Å². The summed E-state index contributed by atoms with van der Waals surface area (Å²) in [6.45, 7) is 0.233. The number of thiophene rings is 1. The van der Waals surface area contributed by atoms with Crippen LogP contribution in [0.2, 0.25) is 5.02 Å². The minimum atomic E-state index is -0.552. The summed E-state index contributed by atoms with van der Waals surface area (Å²) in [4.78, 5) is 22.7. The molecule has 1 heterocycles. The number of ether oxygens (including phenoxy) is 1. The Morgan fingerprint density at radius 2 is 2.24 bits per heavy atom. The van der Waals surface area contributed by atoms with Crippen LogP contribution in [0.25, 0.3) is 0 Å². The number of nitrogens with one attached hydrogen (secondary N) is 1. The van der Waals surface area contributed by atoms with Gasteiger partial charge in [0.2, 0.25) is 0 Å². The van der Waals surface area contributed by atoms with E-state index in [9.17, 15) is 14.9 Å². The van der Waals surface area contributed by atoms with E-state index in [-0.39, 0.29) is 29.0 Å². The Balaban J connectivity index is 1.85. The van der Waals surface area contributed by atoms with Gasteiger partial charge in [-0.2, -0.15) is 0 Å². The number of nitro groups is 1. The first-order chi connectivity index (χ1) is 10.1. The van der Waals surface area contributed by atoms with Crippen molar-refractivity contribution in [3.05, 3.63) is 55.7 Å². The maximum absolute atomic E-state index is 11.6. The van der Waals surface area contributed by atoms with Crippen LogP contribution in [0, 0.1) is 10.1 Å². The maximum atomic E-state index is 11.6. The quantitative estimate of drug-likeness (QED) is 0.653. The van der Waals surface area contributed by atoms with E-state index in [0.717, 1.165) is 4.88 Å². The zero-order valence-electron chi connectivity index (χ0n) is 10.7. The van der Waals surface area contributed by atoms with Gasteiger partial charge >= 0.3 is 0 Å². The Hall–Kier alpha value is -2.12. The average molecular weight is 327 g/mol. The molecule has 1 aromatic carbocycles. The lowest BCUT2D eigenvalue weighted by Gasteiger charge is -2.08. The number of non-ortho nitro benzene ring substituents is 1. The summed E-state index contributed by atoms with van der Waals surface area (Å²) >= 11 is 7.40. The molecule has 6 nitrogen and oxygen atoms in total. The van der Waals surface area contributed by atoms with Gasteiger partial charge in [-0.1, -0.05) is 17.7 Å². The Labute approximate surface area is 129 Å². The predicted octanol–water partition coefficient (Wildman–Crippen LogP) is 3.00. The number of benzene rings is 1. The molecule has 0 saturated carbocycles. The van der Waals surface area contributed by atoms with Crippen LogP contribution in [0.3, 0.4) is 0 Å². The van der Waals surface area contributed by atoms with Crippen LogP contribution in [0.15, 0.2) is 35.7 Å². The lowest BCUT2D eigenvalue weighted by Crippen LogP contribution is -2.28. The maximum Gasteiger partial charge on any atom is 0.271 e. The monoisotopic (exact) mass is 326 g/mol. The van der Waals surface area contributed by atoms with E-state index in [2.05, 4.69) is 5.32 Å². The number of carbonyl (C=O) groups excluding carboxylic acids is 1. The summed E-state index contributed by atoms with van der Waals surface area (Å²) in [5, 5.41) is 15.3. The van der Waals surface area contributed by atoms with E-state index in [4.69, 9.17) is 16.3 Å². The lowest BCUT2D eigenvalue weighted by atomic mass is 10.3. The van der Waals surface area contributed by atoms with Crippen molar-refractivity contribution >= 4 is 34.5 Å². The second-order valence-corrected chi connectivity index (χ2v) is 5.46. The third kappa shape index (κ3) is 4.44. The first kappa shape index (κ1) is 15.3. The van der Waals surface area contributed by atoms with E-state index in [1.807, 2.05) is 17.5 Å². The molecule has 110 valence electrons. The van der Waals surface area contributed by atoms with E-state index in [1.54, 1.807) is 11.3 Å². The van der Waals surface area contributed by atoms with Crippen molar-refractivity contribution in [2.45, 2.75) is 6.54 Å². The Bertz CT molecular complexity index is 646. The molecule has 0 fully saturated rings. The van der Waals surface area contributed by atoms with Crippen molar-refractivity contribution in [3.63, 3.8) is 0 Å². The molecule has 0 unspecified atom stereocenters. The van der Waals surface area contributed by atoms with E-state index >= 15 is 0 Å². The standard InChI is InChI=1S/C13H11ClN2O4S/c14-11-6-9(16(18)19)3-4-12(11)20-8-13(17)15-7-10-2-1-5-21-10/h1-6H,7-8H2,(H,15,17). The van der Waals surface area contributed by atoms with Crippen molar-refractivity contribution < 1.29 is 14.5 Å². The van der Waals surface area contributed by atoms with Gasteiger partial charge in [0.05, 0.1) is 16.5 Å². The van der Waals surface area contributed by atoms with E-state index in [0.29, 0.717) is 6.54 Å². The van der Waals surface area contributed by atoms with E-state index in [1.165, 1.54) is 18.2 Å². The fourth-order valence-electron chi connectivity index (χ4n) is 1.51. The van der Waals surface area contributed by atoms with Crippen molar-refractivity contribution in [2.75, 3.05) is 6.61 Å². The highest BCUT2D eigenvalue weighted by Gasteiger charge is 2.11. The van der Waals surface area contributed by atoms with Crippen LogP contribution in [0.5, 0.6) is 5.75 Å². The Kier molecular flexibility index (Phi) is 5.13. The zero-order chi connectivity index (χ0) is 15.2. The number of carbonyl (C=O) groups is 1. The zero-order valence-corrected chi connectivity index (χ0v) is 12.3. The molecule has 0 atom stereocenters. The third-order valence-electron chi connectivity index (χ3n) is 2.52. The predicted molar refractivity (Wildman–Crippen MR) is 79.8 cm³/mol. The summed E-state index contributed by atoms with van der Waals surface area (Å²) in [6, 6.07) is 7.64. The molecule has 21 heavy (non-hydrogen) atoms. The number of nitro benzene ring substituents is 1. The summed E-state index contributed by atoms with van der Waals surface area (Å²) in [6.07, 6.45) is 0. The van der Waals surface area contributed by atoms with Crippen LogP contribution in [0.1, 0.15) is 4.88 Å². The van der Waals surface area contributed by atoms with E-state index < -0.39 is 4.92 Å². The summed E-state index contributed by atoms with van der Waals surface area (Å²) in [5.74, 6) is -0.0636. The first-order valence-electron chi connectivity index (χ1n) is 5.92. The Morgan fingerprint density at radius 1 is 1.43 bits per heavy atom. The van der Waals surface area contributed by atoms with Crippen LogP contribution in [-0.4, -0.2) is 17.4 Å². The molecule has 0 aliphatic carbocycles. The molecule has 0 radical (unpaired) electrons. The molecule has 2 rings (SSSR count). The molecule has 1 aromatic heterocycles. The molecular formula is C13H11ClN2O4S. The van der Waals surface area contributed by atoms with Gasteiger partial charge in [0.1, 0.15) is 5.75 Å². The number of hydrogen-bond donors (Lipinski definition) is 1. The smallest absolute Gasteiger partial charge is 0.271 e. The number of nitrogens with zero attached hydrogens (tertiary/aromatic N) is 1. The highest BCUT2D eigenvalue weighted by molar-refractivity contribution is 7.09. The molecular weight excluding hydrogens is 316 g/mol. The SMILES string of the molecule is O=C(COc1ccc([N+](=O)[O-])cc1Cl)NCc1cccs1. The lowest BCUT2D eigenvalue weighted by molar-refractivity contribution is -0.384. The van der Waals surface area contributed by atoms with Gasteiger partial charge in [0.15, 0.2) is 6.61 Å². The van der Waals surface area contributed by atoms with Crippen LogP contribution >= 0.6 is 22.9 Å². The van der Waals surface area contributed by atoms with Gasteiger partial charge in [-0.05, 0) is 17.5 Å². The van der Waals surface area contributed by atoms with Crippen molar-refractivity contribution in [3.8, 4) is 5.75 Å². The molecule has 0 spiro atoms. The fraction of sp³-hybridized carbons (Fsp3) is 0.154. The summed E-state index contributed by atoms with van der Waals surface area (Å²) in [5.41, 5.74) is -0.130. The van der Waals surface area contributed by atoms with Crippen LogP contribution in [0.4, 0.5) is 5.69 Å². The number of hydrogen-bond acceptors (Lipinski definition) is 5. The number of rotatable bonds is 6. The molecule has 8 heteroatoms. The van der Waals surface area contributed by atoms with Gasteiger partial charge in [-0.15, -0.1) is 11.3 Å². The third-order valence-corrected chi connectivity index (χ3v) is 3.70.